The van der Waals surface area contributed by atoms with Crippen LogP contribution in [0.15, 0.2) is 34.9 Å². The quantitative estimate of drug-likeness (QED) is 0.539. The van der Waals surface area contributed by atoms with Gasteiger partial charge in [0.25, 0.3) is 0 Å². The number of ketones is 1. The van der Waals surface area contributed by atoms with E-state index >= 15 is 0 Å². The smallest absolute Gasteiger partial charge is 0.158 e. The highest BCUT2D eigenvalue weighted by Gasteiger charge is 2.20. The normalized spacial score (nSPS) is 23.2. The molecule has 0 N–H and O–H groups in total. The van der Waals surface area contributed by atoms with Crippen LogP contribution in [-0.4, -0.2) is 5.78 Å². The van der Waals surface area contributed by atoms with Gasteiger partial charge in [-0.3, -0.25) is 4.79 Å². The van der Waals surface area contributed by atoms with Crippen molar-refractivity contribution >= 4 is 5.78 Å². The summed E-state index contributed by atoms with van der Waals surface area (Å²) >= 11 is 0. The van der Waals surface area contributed by atoms with E-state index in [9.17, 15) is 4.79 Å². The van der Waals surface area contributed by atoms with Crippen LogP contribution in [0, 0.1) is 11.8 Å². The molecule has 0 heterocycles. The zero-order valence-corrected chi connectivity index (χ0v) is 14.5. The number of allylic oxidation sites excluding steroid dienone is 6. The van der Waals surface area contributed by atoms with E-state index < -0.39 is 0 Å². The van der Waals surface area contributed by atoms with Crippen LogP contribution in [0.1, 0.15) is 73.1 Å². The second kappa shape index (κ2) is 9.02. The Morgan fingerprint density at radius 1 is 0.905 bits per heavy atom. The minimum atomic E-state index is 0.170. The van der Waals surface area contributed by atoms with Crippen LogP contribution in [0.5, 0.6) is 0 Å². The Kier molecular flexibility index (Phi) is 7.71. The molecule has 0 saturated heterocycles. The zero-order chi connectivity index (χ0) is 15.8. The highest BCUT2D eigenvalue weighted by atomic mass is 16.1. The third-order valence-corrected chi connectivity index (χ3v) is 4.47. The van der Waals surface area contributed by atoms with E-state index in [-0.39, 0.29) is 5.92 Å². The molecule has 1 rings (SSSR count). The van der Waals surface area contributed by atoms with Crippen LogP contribution < -0.4 is 0 Å². The third kappa shape index (κ3) is 6.93. The second-order valence-corrected chi connectivity index (χ2v) is 6.96. The van der Waals surface area contributed by atoms with Crippen molar-refractivity contribution in [2.75, 3.05) is 0 Å². The Bertz CT molecular complexity index is 435. The minimum absolute atomic E-state index is 0.170. The van der Waals surface area contributed by atoms with Gasteiger partial charge in [-0.1, -0.05) is 42.7 Å². The third-order valence-electron chi connectivity index (χ3n) is 4.47. The lowest BCUT2D eigenvalue weighted by molar-refractivity contribution is -0.119. The molecule has 1 unspecified atom stereocenters. The Balaban J connectivity index is 2.90. The van der Waals surface area contributed by atoms with E-state index in [1.54, 1.807) is 0 Å². The maximum absolute atomic E-state index is 12.5. The summed E-state index contributed by atoms with van der Waals surface area (Å²) in [6.07, 6.45) is 13.0. The monoisotopic (exact) mass is 288 g/mol. The van der Waals surface area contributed by atoms with Gasteiger partial charge in [0.1, 0.15) is 0 Å². The van der Waals surface area contributed by atoms with Gasteiger partial charge < -0.3 is 0 Å². The molecule has 0 saturated carbocycles. The maximum atomic E-state index is 12.5. The molecule has 0 aromatic carbocycles. The second-order valence-electron chi connectivity index (χ2n) is 6.96. The van der Waals surface area contributed by atoms with E-state index in [0.717, 1.165) is 38.5 Å². The first-order valence-corrected chi connectivity index (χ1v) is 8.42. The summed E-state index contributed by atoms with van der Waals surface area (Å²) in [5.41, 5.74) is 4.12. The first-order valence-electron chi connectivity index (χ1n) is 8.42. The van der Waals surface area contributed by atoms with Gasteiger partial charge in [0.05, 0.1) is 0 Å². The van der Waals surface area contributed by atoms with Crippen molar-refractivity contribution in [3.05, 3.63) is 34.9 Å². The number of hydrogen-bond acceptors (Lipinski definition) is 1. The average molecular weight is 288 g/mol. The molecule has 1 atom stereocenters. The first kappa shape index (κ1) is 17.9. The van der Waals surface area contributed by atoms with Gasteiger partial charge in [0.2, 0.25) is 0 Å². The van der Waals surface area contributed by atoms with E-state index in [1.807, 2.05) is 6.08 Å². The van der Waals surface area contributed by atoms with Gasteiger partial charge in [0.15, 0.2) is 5.78 Å². The van der Waals surface area contributed by atoms with E-state index in [4.69, 9.17) is 0 Å². The molecular weight excluding hydrogens is 256 g/mol. The van der Waals surface area contributed by atoms with Gasteiger partial charge in [-0.05, 0) is 71.3 Å². The highest BCUT2D eigenvalue weighted by molar-refractivity contribution is 5.92. The summed E-state index contributed by atoms with van der Waals surface area (Å²) in [6.45, 7) is 10.8. The molecule has 0 aromatic heterocycles. The Hall–Kier alpha value is -1.11. The Morgan fingerprint density at radius 3 is 2.00 bits per heavy atom. The van der Waals surface area contributed by atoms with Gasteiger partial charge in [-0.15, -0.1) is 0 Å². The Labute approximate surface area is 131 Å². The topological polar surface area (TPSA) is 17.1 Å². The molecule has 1 aliphatic carbocycles. The molecule has 118 valence electrons. The van der Waals surface area contributed by atoms with Crippen LogP contribution in [0.4, 0.5) is 0 Å². The Morgan fingerprint density at radius 2 is 1.43 bits per heavy atom. The summed E-state index contributed by atoms with van der Waals surface area (Å²) in [5, 5.41) is 0. The predicted molar refractivity (Wildman–Crippen MR) is 92.3 cm³/mol. The molecule has 0 spiro atoms. The molecule has 1 aliphatic rings. The van der Waals surface area contributed by atoms with Crippen molar-refractivity contribution in [3.8, 4) is 0 Å². The fourth-order valence-electron chi connectivity index (χ4n) is 2.91. The molecule has 0 aromatic rings. The van der Waals surface area contributed by atoms with Crippen molar-refractivity contribution < 1.29 is 4.79 Å². The SMILES string of the molecule is CC1=CCCC(C)=CC(=O)C(C(C)C)CCC(C)=CCC1. The molecule has 0 aliphatic heterocycles. The van der Waals surface area contributed by atoms with Crippen LogP contribution in [0.3, 0.4) is 0 Å². The average Bonchev–Trinajstić information content (AvgIpc) is 2.37. The van der Waals surface area contributed by atoms with Crippen molar-refractivity contribution in [2.45, 2.75) is 73.1 Å². The summed E-state index contributed by atoms with van der Waals surface area (Å²) in [6, 6.07) is 0. The van der Waals surface area contributed by atoms with Crippen LogP contribution in [0.2, 0.25) is 0 Å². The molecule has 0 bridgehead atoms. The van der Waals surface area contributed by atoms with Crippen LogP contribution >= 0.6 is 0 Å². The maximum Gasteiger partial charge on any atom is 0.158 e. The minimum Gasteiger partial charge on any atom is -0.295 e. The van der Waals surface area contributed by atoms with Gasteiger partial charge >= 0.3 is 0 Å². The number of carbonyl (C=O) groups is 1. The highest BCUT2D eigenvalue weighted by Crippen LogP contribution is 2.23. The summed E-state index contributed by atoms with van der Waals surface area (Å²) < 4.78 is 0. The molecular formula is C20H32O. The molecule has 0 amide bonds. The lowest BCUT2D eigenvalue weighted by Gasteiger charge is -2.19. The lowest BCUT2D eigenvalue weighted by Crippen LogP contribution is -2.19. The molecule has 1 nitrogen and oxygen atoms in total. The summed E-state index contributed by atoms with van der Waals surface area (Å²) in [5.74, 6) is 0.918. The first-order chi connectivity index (χ1) is 9.90. The number of carbonyl (C=O) groups excluding carboxylic acids is 1. The van der Waals surface area contributed by atoms with E-state index in [1.165, 1.54) is 16.7 Å². The van der Waals surface area contributed by atoms with E-state index in [0.29, 0.717) is 11.7 Å². The van der Waals surface area contributed by atoms with Crippen molar-refractivity contribution in [1.82, 2.24) is 0 Å². The lowest BCUT2D eigenvalue weighted by atomic mass is 9.85. The molecule has 1 heteroatoms. The van der Waals surface area contributed by atoms with Gasteiger partial charge in [-0.2, -0.15) is 0 Å². The fourth-order valence-corrected chi connectivity index (χ4v) is 2.91. The van der Waals surface area contributed by atoms with E-state index in [2.05, 4.69) is 46.8 Å². The van der Waals surface area contributed by atoms with Gasteiger partial charge in [0, 0.05) is 5.92 Å². The number of rotatable bonds is 1. The fraction of sp³-hybridized carbons (Fsp3) is 0.650. The predicted octanol–water partition coefficient (Wildman–Crippen LogP) is 6.02. The van der Waals surface area contributed by atoms with Crippen LogP contribution in [-0.2, 0) is 4.79 Å². The van der Waals surface area contributed by atoms with Crippen molar-refractivity contribution in [1.29, 1.82) is 0 Å². The molecule has 0 fully saturated rings. The number of hydrogen-bond donors (Lipinski definition) is 0. The van der Waals surface area contributed by atoms with Crippen molar-refractivity contribution in [3.63, 3.8) is 0 Å². The van der Waals surface area contributed by atoms with Crippen LogP contribution in [0.25, 0.3) is 0 Å². The standard InChI is InChI=1S/C20H32O/c1-15(2)19-13-12-17(4)10-6-8-16(3)9-7-11-18(5)14-20(19)21/h9-10,14-15,19H,6-8,11-13H2,1-5H3. The largest absolute Gasteiger partial charge is 0.295 e. The van der Waals surface area contributed by atoms with Crippen molar-refractivity contribution in [2.24, 2.45) is 11.8 Å². The summed E-state index contributed by atoms with van der Waals surface area (Å²) in [7, 11) is 0. The molecule has 21 heavy (non-hydrogen) atoms. The van der Waals surface area contributed by atoms with Gasteiger partial charge in [-0.25, -0.2) is 0 Å². The summed E-state index contributed by atoms with van der Waals surface area (Å²) in [4.78, 5) is 12.5. The zero-order valence-electron chi connectivity index (χ0n) is 14.5. The molecule has 0 radical (unpaired) electrons.